The van der Waals surface area contributed by atoms with Crippen LogP contribution >= 0.6 is 0 Å². The van der Waals surface area contributed by atoms with Gasteiger partial charge in [-0.2, -0.15) is 0 Å². The molecule has 5 nitrogen and oxygen atoms in total. The number of hydrogen-bond donors (Lipinski definition) is 0. The highest BCUT2D eigenvalue weighted by Gasteiger charge is 2.25. The fourth-order valence-corrected chi connectivity index (χ4v) is 2.36. The predicted octanol–water partition coefficient (Wildman–Crippen LogP) is 2.97. The van der Waals surface area contributed by atoms with Gasteiger partial charge in [-0.15, -0.1) is 0 Å². The van der Waals surface area contributed by atoms with Gasteiger partial charge in [0.05, 0.1) is 25.5 Å². The Hall–Kier alpha value is -2.69. The zero-order valence-corrected chi connectivity index (χ0v) is 11.8. The average Bonchev–Trinajstić information content (AvgIpc) is 2.55. The Morgan fingerprint density at radius 2 is 1.81 bits per heavy atom. The molecule has 0 bridgehead atoms. The van der Waals surface area contributed by atoms with Gasteiger partial charge in [-0.25, -0.2) is 4.79 Å². The third-order valence-corrected chi connectivity index (χ3v) is 3.42. The van der Waals surface area contributed by atoms with Crippen LogP contribution in [0.3, 0.4) is 0 Å². The highest BCUT2D eigenvalue weighted by molar-refractivity contribution is 5.98. The molecular weight excluding hydrogens is 270 g/mol. The molecule has 1 heterocycles. The Balaban J connectivity index is 2.05. The van der Waals surface area contributed by atoms with Gasteiger partial charge in [0.25, 0.3) is 0 Å². The number of carbonyl (C=O) groups is 1. The summed E-state index contributed by atoms with van der Waals surface area (Å²) in [6.45, 7) is 0.172. The number of anilines is 2. The van der Waals surface area contributed by atoms with E-state index in [1.165, 1.54) is 0 Å². The monoisotopic (exact) mass is 285 g/mol. The van der Waals surface area contributed by atoms with Gasteiger partial charge < -0.3 is 19.1 Å². The Morgan fingerprint density at radius 3 is 2.57 bits per heavy atom. The summed E-state index contributed by atoms with van der Waals surface area (Å²) >= 11 is 0. The molecule has 0 N–H and O–H groups in total. The van der Waals surface area contributed by atoms with Crippen LogP contribution in [0.4, 0.5) is 11.4 Å². The number of nitrogens with zero attached hydrogens (tertiary/aromatic N) is 1. The number of methoxy groups -OCH3 is 2. The van der Waals surface area contributed by atoms with Crippen LogP contribution in [-0.2, 0) is 4.74 Å². The molecular formula is C16H15NO4. The maximum Gasteiger partial charge on any atom is 0.342 e. The fraction of sp³-hybridized carbons (Fsp3) is 0.188. The molecule has 0 aromatic heterocycles. The highest BCUT2D eigenvalue weighted by Crippen LogP contribution is 2.37. The molecule has 0 radical (unpaired) electrons. The van der Waals surface area contributed by atoms with Gasteiger partial charge in [0.15, 0.2) is 18.2 Å². The first-order valence-corrected chi connectivity index (χ1v) is 6.50. The standard InChI is InChI=1S/C16H15NO4/c1-19-14-8-7-11(9-15(14)20-2)17-10-21-16(18)12-5-3-4-6-13(12)17/h3-9H,10H2,1-2H3. The molecule has 5 heteroatoms. The molecule has 21 heavy (non-hydrogen) atoms. The van der Waals surface area contributed by atoms with Crippen molar-refractivity contribution in [3.8, 4) is 11.5 Å². The van der Waals surface area contributed by atoms with Crippen molar-refractivity contribution in [2.24, 2.45) is 0 Å². The fourth-order valence-electron chi connectivity index (χ4n) is 2.36. The number of hydrogen-bond acceptors (Lipinski definition) is 5. The second-order valence-electron chi connectivity index (χ2n) is 4.55. The van der Waals surface area contributed by atoms with Gasteiger partial charge in [0.2, 0.25) is 0 Å². The number of carbonyl (C=O) groups excluding carboxylic acids is 1. The first-order valence-electron chi connectivity index (χ1n) is 6.50. The first-order chi connectivity index (χ1) is 10.2. The van der Waals surface area contributed by atoms with Crippen LogP contribution in [0.25, 0.3) is 0 Å². The van der Waals surface area contributed by atoms with Gasteiger partial charge >= 0.3 is 5.97 Å². The molecule has 2 aromatic rings. The molecule has 0 atom stereocenters. The summed E-state index contributed by atoms with van der Waals surface area (Å²) in [5.41, 5.74) is 2.24. The summed E-state index contributed by atoms with van der Waals surface area (Å²) < 4.78 is 15.8. The highest BCUT2D eigenvalue weighted by atomic mass is 16.5. The molecule has 3 rings (SSSR count). The van der Waals surface area contributed by atoms with Crippen LogP contribution in [0.2, 0.25) is 0 Å². The van der Waals surface area contributed by atoms with E-state index in [1.54, 1.807) is 20.3 Å². The lowest BCUT2D eigenvalue weighted by Crippen LogP contribution is -2.30. The minimum atomic E-state index is -0.303. The van der Waals surface area contributed by atoms with E-state index in [-0.39, 0.29) is 12.7 Å². The van der Waals surface area contributed by atoms with Crippen molar-refractivity contribution < 1.29 is 19.0 Å². The van der Waals surface area contributed by atoms with Crippen LogP contribution in [0.5, 0.6) is 11.5 Å². The molecule has 0 saturated carbocycles. The maximum absolute atomic E-state index is 11.8. The Bertz CT molecular complexity index is 684. The summed E-state index contributed by atoms with van der Waals surface area (Å²) in [7, 11) is 3.18. The van der Waals surface area contributed by atoms with Crippen molar-refractivity contribution in [1.82, 2.24) is 0 Å². The van der Waals surface area contributed by atoms with Crippen LogP contribution in [0.1, 0.15) is 10.4 Å². The van der Waals surface area contributed by atoms with Crippen LogP contribution < -0.4 is 14.4 Å². The summed E-state index contributed by atoms with van der Waals surface area (Å²) in [6, 6.07) is 12.9. The van der Waals surface area contributed by atoms with Gasteiger partial charge in [0, 0.05) is 11.8 Å². The minimum absolute atomic E-state index is 0.172. The summed E-state index contributed by atoms with van der Waals surface area (Å²) in [5.74, 6) is 0.982. The molecule has 0 unspecified atom stereocenters. The van der Waals surface area contributed by atoms with E-state index in [0.29, 0.717) is 17.1 Å². The largest absolute Gasteiger partial charge is 0.493 e. The normalized spacial score (nSPS) is 13.4. The van der Waals surface area contributed by atoms with E-state index in [0.717, 1.165) is 11.4 Å². The number of benzene rings is 2. The van der Waals surface area contributed by atoms with Gasteiger partial charge in [-0.05, 0) is 24.3 Å². The van der Waals surface area contributed by atoms with Crippen molar-refractivity contribution in [3.05, 3.63) is 48.0 Å². The third kappa shape index (κ3) is 2.27. The van der Waals surface area contributed by atoms with Gasteiger partial charge in [-0.3, -0.25) is 0 Å². The van der Waals surface area contributed by atoms with E-state index < -0.39 is 0 Å². The van der Waals surface area contributed by atoms with Crippen LogP contribution in [0.15, 0.2) is 42.5 Å². The summed E-state index contributed by atoms with van der Waals surface area (Å²) in [5, 5.41) is 0. The quantitative estimate of drug-likeness (QED) is 0.811. The van der Waals surface area contributed by atoms with Crippen molar-refractivity contribution >= 4 is 17.3 Å². The summed E-state index contributed by atoms with van der Waals surface area (Å²) in [6.07, 6.45) is 0. The molecule has 0 aliphatic carbocycles. The maximum atomic E-state index is 11.8. The Morgan fingerprint density at radius 1 is 1.05 bits per heavy atom. The number of para-hydroxylation sites is 1. The lowest BCUT2D eigenvalue weighted by molar-refractivity contribution is 0.0494. The molecule has 108 valence electrons. The van der Waals surface area contributed by atoms with Crippen molar-refractivity contribution in [3.63, 3.8) is 0 Å². The van der Waals surface area contributed by atoms with Gasteiger partial charge in [-0.1, -0.05) is 12.1 Å². The van der Waals surface area contributed by atoms with E-state index in [1.807, 2.05) is 41.3 Å². The smallest absolute Gasteiger partial charge is 0.342 e. The number of ether oxygens (including phenoxy) is 3. The van der Waals surface area contributed by atoms with Crippen molar-refractivity contribution in [1.29, 1.82) is 0 Å². The number of fused-ring (bicyclic) bond motifs is 1. The Kier molecular flexibility index (Phi) is 3.39. The molecule has 0 spiro atoms. The lowest BCUT2D eigenvalue weighted by atomic mass is 10.1. The minimum Gasteiger partial charge on any atom is -0.493 e. The van der Waals surface area contributed by atoms with E-state index in [2.05, 4.69) is 0 Å². The number of esters is 1. The van der Waals surface area contributed by atoms with E-state index in [9.17, 15) is 4.79 Å². The first kappa shape index (κ1) is 13.3. The summed E-state index contributed by atoms with van der Waals surface area (Å²) in [4.78, 5) is 13.7. The lowest BCUT2D eigenvalue weighted by Gasteiger charge is -2.30. The third-order valence-electron chi connectivity index (χ3n) is 3.42. The molecule has 1 aliphatic heterocycles. The molecule has 0 amide bonds. The molecule has 0 saturated heterocycles. The topological polar surface area (TPSA) is 48.0 Å². The number of cyclic esters (lactones) is 1. The van der Waals surface area contributed by atoms with Crippen molar-refractivity contribution in [2.45, 2.75) is 0 Å². The van der Waals surface area contributed by atoms with Crippen LogP contribution in [0, 0.1) is 0 Å². The zero-order chi connectivity index (χ0) is 14.8. The number of rotatable bonds is 3. The van der Waals surface area contributed by atoms with Gasteiger partial charge in [0.1, 0.15) is 0 Å². The SMILES string of the molecule is COc1ccc(N2COC(=O)c3ccccc32)cc1OC. The zero-order valence-electron chi connectivity index (χ0n) is 11.8. The second-order valence-corrected chi connectivity index (χ2v) is 4.55. The van der Waals surface area contributed by atoms with E-state index >= 15 is 0 Å². The van der Waals surface area contributed by atoms with Crippen molar-refractivity contribution in [2.75, 3.05) is 25.9 Å². The second kappa shape index (κ2) is 5.36. The predicted molar refractivity (Wildman–Crippen MR) is 78.4 cm³/mol. The molecule has 1 aliphatic rings. The van der Waals surface area contributed by atoms with Crippen LogP contribution in [-0.4, -0.2) is 26.9 Å². The average molecular weight is 285 g/mol. The van der Waals surface area contributed by atoms with E-state index in [4.69, 9.17) is 14.2 Å². The Labute approximate surface area is 122 Å². The molecule has 0 fully saturated rings. The molecule has 2 aromatic carbocycles.